The van der Waals surface area contributed by atoms with Crippen molar-refractivity contribution in [1.82, 2.24) is 5.32 Å². The lowest BCUT2D eigenvalue weighted by atomic mass is 9.72. The van der Waals surface area contributed by atoms with Gasteiger partial charge < -0.3 is 10.1 Å². The standard InChI is InChI=1S/C17H26FNO/c1-11-8-9-13(10-12(11)2)17(19-3)16-14(18)6-5-7-15(16)20-4/h5-7,11-13,17,19H,8-10H2,1-4H3. The molecule has 0 bridgehead atoms. The number of hydrogen-bond donors (Lipinski definition) is 1. The summed E-state index contributed by atoms with van der Waals surface area (Å²) in [4.78, 5) is 0. The molecular formula is C17H26FNO. The molecule has 2 nitrogen and oxygen atoms in total. The maximum atomic E-state index is 14.3. The highest BCUT2D eigenvalue weighted by Crippen LogP contribution is 2.42. The summed E-state index contributed by atoms with van der Waals surface area (Å²) >= 11 is 0. The first-order chi connectivity index (χ1) is 9.58. The Morgan fingerprint density at radius 1 is 1.25 bits per heavy atom. The van der Waals surface area contributed by atoms with E-state index in [4.69, 9.17) is 4.74 Å². The van der Waals surface area contributed by atoms with Crippen molar-refractivity contribution in [1.29, 1.82) is 0 Å². The van der Waals surface area contributed by atoms with Gasteiger partial charge in [0.2, 0.25) is 0 Å². The van der Waals surface area contributed by atoms with E-state index >= 15 is 0 Å². The van der Waals surface area contributed by atoms with Crippen molar-refractivity contribution in [3.63, 3.8) is 0 Å². The average molecular weight is 279 g/mol. The van der Waals surface area contributed by atoms with Gasteiger partial charge in [-0.15, -0.1) is 0 Å². The molecule has 2 rings (SSSR count). The maximum absolute atomic E-state index is 14.3. The zero-order chi connectivity index (χ0) is 14.7. The van der Waals surface area contributed by atoms with Crippen molar-refractivity contribution in [3.05, 3.63) is 29.6 Å². The Morgan fingerprint density at radius 3 is 2.60 bits per heavy atom. The molecule has 0 radical (unpaired) electrons. The van der Waals surface area contributed by atoms with E-state index in [1.165, 1.54) is 12.5 Å². The predicted octanol–water partition coefficient (Wildman–Crippen LogP) is 4.17. The molecule has 0 saturated heterocycles. The van der Waals surface area contributed by atoms with Crippen LogP contribution in [0.1, 0.15) is 44.7 Å². The van der Waals surface area contributed by atoms with E-state index in [-0.39, 0.29) is 11.9 Å². The summed E-state index contributed by atoms with van der Waals surface area (Å²) < 4.78 is 19.7. The number of hydrogen-bond acceptors (Lipinski definition) is 2. The topological polar surface area (TPSA) is 21.3 Å². The minimum absolute atomic E-state index is 0.0288. The fourth-order valence-corrected chi connectivity index (χ4v) is 3.50. The molecule has 0 heterocycles. The number of benzene rings is 1. The number of halogens is 1. The molecular weight excluding hydrogens is 253 g/mol. The van der Waals surface area contributed by atoms with Crippen LogP contribution in [-0.4, -0.2) is 14.2 Å². The van der Waals surface area contributed by atoms with Crippen LogP contribution in [0.2, 0.25) is 0 Å². The number of methoxy groups -OCH3 is 1. The summed E-state index contributed by atoms with van der Waals surface area (Å²) in [5.41, 5.74) is 0.684. The summed E-state index contributed by atoms with van der Waals surface area (Å²) in [6.45, 7) is 4.63. The summed E-state index contributed by atoms with van der Waals surface area (Å²) in [5, 5.41) is 3.32. The maximum Gasteiger partial charge on any atom is 0.131 e. The smallest absolute Gasteiger partial charge is 0.131 e. The lowest BCUT2D eigenvalue weighted by Gasteiger charge is -2.37. The summed E-state index contributed by atoms with van der Waals surface area (Å²) in [7, 11) is 3.52. The lowest BCUT2D eigenvalue weighted by Crippen LogP contribution is -2.32. The number of rotatable bonds is 4. The Hall–Kier alpha value is -1.09. The van der Waals surface area contributed by atoms with Crippen LogP contribution in [-0.2, 0) is 0 Å². The molecule has 0 spiro atoms. The molecule has 4 atom stereocenters. The second-order valence-electron chi connectivity index (χ2n) is 6.15. The van der Waals surface area contributed by atoms with Crippen LogP contribution in [0, 0.1) is 23.6 Å². The molecule has 1 fully saturated rings. The summed E-state index contributed by atoms with van der Waals surface area (Å²) in [6.07, 6.45) is 3.51. The molecule has 1 aromatic rings. The minimum atomic E-state index is -0.171. The van der Waals surface area contributed by atoms with Crippen molar-refractivity contribution in [2.24, 2.45) is 17.8 Å². The highest BCUT2D eigenvalue weighted by Gasteiger charge is 2.32. The fraction of sp³-hybridized carbons (Fsp3) is 0.647. The molecule has 20 heavy (non-hydrogen) atoms. The van der Waals surface area contributed by atoms with Crippen LogP contribution in [0.3, 0.4) is 0 Å². The van der Waals surface area contributed by atoms with Crippen LogP contribution in [0.4, 0.5) is 4.39 Å². The molecule has 1 aliphatic rings. The van der Waals surface area contributed by atoms with E-state index in [1.54, 1.807) is 13.2 Å². The van der Waals surface area contributed by atoms with Crippen molar-refractivity contribution >= 4 is 0 Å². The van der Waals surface area contributed by atoms with E-state index in [1.807, 2.05) is 13.1 Å². The van der Waals surface area contributed by atoms with Crippen LogP contribution in [0.25, 0.3) is 0 Å². The third-order valence-corrected chi connectivity index (χ3v) is 4.96. The van der Waals surface area contributed by atoms with Crippen LogP contribution < -0.4 is 10.1 Å². The highest BCUT2D eigenvalue weighted by molar-refractivity contribution is 5.37. The van der Waals surface area contributed by atoms with Gasteiger partial charge >= 0.3 is 0 Å². The molecule has 1 N–H and O–H groups in total. The minimum Gasteiger partial charge on any atom is -0.496 e. The first-order valence-corrected chi connectivity index (χ1v) is 7.58. The van der Waals surface area contributed by atoms with Gasteiger partial charge in [-0.25, -0.2) is 4.39 Å². The van der Waals surface area contributed by atoms with Crippen LogP contribution in [0.15, 0.2) is 18.2 Å². The normalized spacial score (nSPS) is 28.1. The first kappa shape index (κ1) is 15.3. The van der Waals surface area contributed by atoms with Crippen molar-refractivity contribution in [3.8, 4) is 5.75 Å². The predicted molar refractivity (Wildman–Crippen MR) is 80.4 cm³/mol. The summed E-state index contributed by atoms with van der Waals surface area (Å²) in [6, 6.07) is 5.10. The Balaban J connectivity index is 2.29. The molecule has 1 aromatic carbocycles. The van der Waals surface area contributed by atoms with E-state index in [0.29, 0.717) is 23.1 Å². The van der Waals surface area contributed by atoms with Gasteiger partial charge in [-0.05, 0) is 49.8 Å². The Bertz CT molecular complexity index is 449. The Morgan fingerprint density at radius 2 is 2.00 bits per heavy atom. The Kier molecular flexibility index (Phi) is 5.03. The molecule has 0 aliphatic heterocycles. The molecule has 1 aliphatic carbocycles. The largest absolute Gasteiger partial charge is 0.496 e. The molecule has 3 heteroatoms. The second-order valence-corrected chi connectivity index (χ2v) is 6.15. The quantitative estimate of drug-likeness (QED) is 0.893. The number of nitrogens with one attached hydrogen (secondary N) is 1. The van der Waals surface area contributed by atoms with Gasteiger partial charge in [0, 0.05) is 11.6 Å². The molecule has 1 saturated carbocycles. The first-order valence-electron chi connectivity index (χ1n) is 7.58. The zero-order valence-corrected chi connectivity index (χ0v) is 12.9. The van der Waals surface area contributed by atoms with E-state index in [9.17, 15) is 4.39 Å². The summed E-state index contributed by atoms with van der Waals surface area (Å²) in [5.74, 6) is 2.41. The van der Waals surface area contributed by atoms with Crippen LogP contribution >= 0.6 is 0 Å². The third kappa shape index (κ3) is 2.98. The van der Waals surface area contributed by atoms with Crippen molar-refractivity contribution in [2.75, 3.05) is 14.2 Å². The van der Waals surface area contributed by atoms with Gasteiger partial charge in [-0.2, -0.15) is 0 Å². The monoisotopic (exact) mass is 279 g/mol. The second kappa shape index (κ2) is 6.57. The van der Waals surface area contributed by atoms with E-state index < -0.39 is 0 Å². The highest BCUT2D eigenvalue weighted by atomic mass is 19.1. The fourth-order valence-electron chi connectivity index (χ4n) is 3.50. The SMILES string of the molecule is CNC(c1c(F)cccc1OC)C1CCC(C)C(C)C1. The number of ether oxygens (including phenoxy) is 1. The van der Waals surface area contributed by atoms with Gasteiger partial charge in [0.05, 0.1) is 7.11 Å². The van der Waals surface area contributed by atoms with Gasteiger partial charge in [0.25, 0.3) is 0 Å². The van der Waals surface area contributed by atoms with Gasteiger partial charge in [-0.1, -0.05) is 26.3 Å². The van der Waals surface area contributed by atoms with Gasteiger partial charge in [-0.3, -0.25) is 0 Å². The lowest BCUT2D eigenvalue weighted by molar-refractivity contribution is 0.171. The molecule has 0 amide bonds. The molecule has 0 aromatic heterocycles. The zero-order valence-electron chi connectivity index (χ0n) is 12.9. The van der Waals surface area contributed by atoms with Crippen LogP contribution in [0.5, 0.6) is 5.75 Å². The van der Waals surface area contributed by atoms with Crippen molar-refractivity contribution < 1.29 is 9.13 Å². The van der Waals surface area contributed by atoms with E-state index in [0.717, 1.165) is 18.8 Å². The van der Waals surface area contributed by atoms with Gasteiger partial charge in [0.1, 0.15) is 11.6 Å². The molecule has 4 unspecified atom stereocenters. The average Bonchev–Trinajstić information content (AvgIpc) is 2.45. The third-order valence-electron chi connectivity index (χ3n) is 4.96. The van der Waals surface area contributed by atoms with Crippen molar-refractivity contribution in [2.45, 2.75) is 39.2 Å². The Labute approximate surface area is 121 Å². The van der Waals surface area contributed by atoms with Gasteiger partial charge in [0.15, 0.2) is 0 Å². The molecule has 112 valence electrons. The van der Waals surface area contributed by atoms with E-state index in [2.05, 4.69) is 19.2 Å².